The molecule has 0 radical (unpaired) electrons. The second-order valence-electron chi connectivity index (χ2n) is 9.79. The molecule has 1 aromatic heterocycles. The standard InChI is InChI=1S/C25H30ClF2N5O3/c1-31-23(24(27)28)18(29-30-31)14-36-20-9-8-17(26)16-10-12-33(25(35)15-5-2-3-6-15)19(22(16)20)13-32-11-4-7-21(32)34/h8-9,15,19,24H,2-7,10-14H2,1H3/t19-/m1/s1. The minimum absolute atomic E-state index is 0.0138. The van der Waals surface area contributed by atoms with Crippen LogP contribution in [0.25, 0.3) is 0 Å². The summed E-state index contributed by atoms with van der Waals surface area (Å²) in [6.45, 7) is 1.31. The molecule has 0 spiro atoms. The number of carbonyl (C=O) groups excluding carboxylic acids is 2. The Morgan fingerprint density at radius 3 is 2.67 bits per heavy atom. The largest absolute Gasteiger partial charge is 0.487 e. The molecule has 1 saturated heterocycles. The number of alkyl halides is 2. The Labute approximate surface area is 213 Å². The van der Waals surface area contributed by atoms with Crippen LogP contribution in [0.5, 0.6) is 5.75 Å². The van der Waals surface area contributed by atoms with Crippen molar-refractivity contribution in [1.29, 1.82) is 0 Å². The zero-order chi connectivity index (χ0) is 25.4. The summed E-state index contributed by atoms with van der Waals surface area (Å²) in [4.78, 5) is 29.8. The van der Waals surface area contributed by atoms with Crippen LogP contribution in [0.3, 0.4) is 0 Å². The van der Waals surface area contributed by atoms with Crippen LogP contribution >= 0.6 is 11.6 Å². The van der Waals surface area contributed by atoms with Gasteiger partial charge in [-0.1, -0.05) is 29.7 Å². The van der Waals surface area contributed by atoms with Crippen LogP contribution in [-0.2, 0) is 29.7 Å². The van der Waals surface area contributed by atoms with Gasteiger partial charge in [0.15, 0.2) is 0 Å². The minimum atomic E-state index is -2.74. The highest BCUT2D eigenvalue weighted by molar-refractivity contribution is 6.31. The molecule has 3 heterocycles. The number of hydrogen-bond donors (Lipinski definition) is 0. The Hall–Kier alpha value is -2.75. The van der Waals surface area contributed by atoms with Crippen LogP contribution < -0.4 is 4.74 Å². The number of ether oxygens (including phenoxy) is 1. The molecular formula is C25H30ClF2N5O3. The SMILES string of the molecule is Cn1nnc(COc2ccc(Cl)c3c2[C@@H](CN2CCCC2=O)N(C(=O)C2CCCC2)CC3)c1C(F)F. The zero-order valence-corrected chi connectivity index (χ0v) is 21.0. The Bertz CT molecular complexity index is 1150. The van der Waals surface area contributed by atoms with Gasteiger partial charge in [-0.2, -0.15) is 0 Å². The van der Waals surface area contributed by atoms with Gasteiger partial charge in [0.1, 0.15) is 23.7 Å². The minimum Gasteiger partial charge on any atom is -0.487 e. The average molecular weight is 522 g/mol. The Morgan fingerprint density at radius 1 is 1.19 bits per heavy atom. The van der Waals surface area contributed by atoms with E-state index in [-0.39, 0.29) is 35.7 Å². The molecule has 1 aromatic carbocycles. The van der Waals surface area contributed by atoms with Crippen molar-refractivity contribution >= 4 is 23.4 Å². The number of rotatable bonds is 7. The fraction of sp³-hybridized carbons (Fsp3) is 0.600. The van der Waals surface area contributed by atoms with Gasteiger partial charge in [0.25, 0.3) is 6.43 Å². The summed E-state index contributed by atoms with van der Waals surface area (Å²) in [5.74, 6) is 0.622. The molecule has 2 aromatic rings. The van der Waals surface area contributed by atoms with E-state index in [0.29, 0.717) is 43.2 Å². The Morgan fingerprint density at radius 2 is 1.97 bits per heavy atom. The first-order valence-corrected chi connectivity index (χ1v) is 12.9. The molecule has 0 N–H and O–H groups in total. The summed E-state index contributed by atoms with van der Waals surface area (Å²) < 4.78 is 34.2. The number of halogens is 3. The maximum Gasteiger partial charge on any atom is 0.282 e. The van der Waals surface area contributed by atoms with Gasteiger partial charge in [0.2, 0.25) is 11.8 Å². The molecule has 2 fully saturated rings. The number of aryl methyl sites for hydroxylation is 1. The maximum absolute atomic E-state index is 13.6. The summed E-state index contributed by atoms with van der Waals surface area (Å²) in [5, 5.41) is 8.13. The third-order valence-electron chi connectivity index (χ3n) is 7.64. The molecule has 1 saturated carbocycles. The average Bonchev–Trinajstić information content (AvgIpc) is 3.61. The van der Waals surface area contributed by atoms with Crippen LogP contribution in [-0.4, -0.2) is 56.2 Å². The smallest absolute Gasteiger partial charge is 0.282 e. The van der Waals surface area contributed by atoms with Crippen molar-refractivity contribution in [2.75, 3.05) is 19.6 Å². The van der Waals surface area contributed by atoms with Crippen molar-refractivity contribution < 1.29 is 23.1 Å². The first kappa shape index (κ1) is 24.9. The second kappa shape index (κ2) is 10.3. The monoisotopic (exact) mass is 521 g/mol. The van der Waals surface area contributed by atoms with Crippen LogP contribution in [0, 0.1) is 5.92 Å². The number of likely N-dealkylation sites (tertiary alicyclic amines) is 1. The highest BCUT2D eigenvalue weighted by Gasteiger charge is 2.40. The van der Waals surface area contributed by atoms with Crippen molar-refractivity contribution in [3.8, 4) is 5.75 Å². The molecule has 3 aliphatic rings. The normalized spacial score (nSPS) is 20.5. The topological polar surface area (TPSA) is 80.6 Å². The van der Waals surface area contributed by atoms with Crippen molar-refractivity contribution in [3.05, 3.63) is 39.7 Å². The van der Waals surface area contributed by atoms with Gasteiger partial charge in [0.05, 0.1) is 6.04 Å². The van der Waals surface area contributed by atoms with Gasteiger partial charge >= 0.3 is 0 Å². The summed E-state index contributed by atoms with van der Waals surface area (Å²) in [6.07, 6.45) is 2.94. The second-order valence-corrected chi connectivity index (χ2v) is 10.2. The fourth-order valence-corrected chi connectivity index (χ4v) is 6.06. The highest BCUT2D eigenvalue weighted by Crippen LogP contribution is 2.43. The predicted octanol–water partition coefficient (Wildman–Crippen LogP) is 4.22. The summed E-state index contributed by atoms with van der Waals surface area (Å²) in [6, 6.07) is 3.02. The third-order valence-corrected chi connectivity index (χ3v) is 7.99. The van der Waals surface area contributed by atoms with Crippen molar-refractivity contribution in [2.45, 2.75) is 64.0 Å². The summed E-state index contributed by atoms with van der Waals surface area (Å²) in [5.41, 5.74) is 1.38. The number of aromatic nitrogens is 3. The predicted molar refractivity (Wildman–Crippen MR) is 128 cm³/mol. The summed E-state index contributed by atoms with van der Waals surface area (Å²) >= 11 is 6.60. The van der Waals surface area contributed by atoms with E-state index in [4.69, 9.17) is 16.3 Å². The van der Waals surface area contributed by atoms with E-state index in [1.807, 2.05) is 4.90 Å². The van der Waals surface area contributed by atoms with Gasteiger partial charge < -0.3 is 14.5 Å². The molecule has 36 heavy (non-hydrogen) atoms. The number of fused-ring (bicyclic) bond motifs is 1. The quantitative estimate of drug-likeness (QED) is 0.545. The number of benzene rings is 1. The van der Waals surface area contributed by atoms with Crippen molar-refractivity contribution in [3.63, 3.8) is 0 Å². The van der Waals surface area contributed by atoms with E-state index in [2.05, 4.69) is 10.3 Å². The highest BCUT2D eigenvalue weighted by atomic mass is 35.5. The molecule has 1 aliphatic carbocycles. The van der Waals surface area contributed by atoms with Crippen LogP contribution in [0.4, 0.5) is 8.78 Å². The van der Waals surface area contributed by atoms with E-state index in [0.717, 1.165) is 47.9 Å². The molecule has 194 valence electrons. The lowest BCUT2D eigenvalue weighted by Gasteiger charge is -2.41. The molecule has 11 heteroatoms. The van der Waals surface area contributed by atoms with Crippen LogP contribution in [0.15, 0.2) is 12.1 Å². The lowest BCUT2D eigenvalue weighted by atomic mass is 9.89. The summed E-state index contributed by atoms with van der Waals surface area (Å²) in [7, 11) is 1.41. The van der Waals surface area contributed by atoms with E-state index in [9.17, 15) is 18.4 Å². The first-order valence-electron chi connectivity index (χ1n) is 12.5. The Balaban J connectivity index is 1.50. The lowest BCUT2D eigenvalue weighted by molar-refractivity contribution is -0.140. The third kappa shape index (κ3) is 4.67. The Kier molecular flexibility index (Phi) is 7.14. The number of carbonyl (C=O) groups is 2. The molecule has 2 aliphatic heterocycles. The van der Waals surface area contributed by atoms with Gasteiger partial charge in [-0.3, -0.25) is 9.59 Å². The van der Waals surface area contributed by atoms with Gasteiger partial charge in [0, 0.05) is 49.6 Å². The lowest BCUT2D eigenvalue weighted by Crippen LogP contribution is -2.47. The molecular weight excluding hydrogens is 492 g/mol. The van der Waals surface area contributed by atoms with Gasteiger partial charge in [-0.05, 0) is 43.4 Å². The molecule has 5 rings (SSSR count). The van der Waals surface area contributed by atoms with E-state index < -0.39 is 12.5 Å². The van der Waals surface area contributed by atoms with Gasteiger partial charge in [-0.25, -0.2) is 13.5 Å². The zero-order valence-electron chi connectivity index (χ0n) is 20.3. The van der Waals surface area contributed by atoms with Crippen LogP contribution in [0.2, 0.25) is 5.02 Å². The number of hydrogen-bond acceptors (Lipinski definition) is 5. The molecule has 8 nitrogen and oxygen atoms in total. The number of nitrogens with zero attached hydrogens (tertiary/aromatic N) is 5. The molecule has 2 amide bonds. The first-order chi connectivity index (χ1) is 17.3. The molecule has 1 atom stereocenters. The fourth-order valence-electron chi connectivity index (χ4n) is 5.80. The van der Waals surface area contributed by atoms with Gasteiger partial charge in [-0.15, -0.1) is 5.10 Å². The molecule has 0 unspecified atom stereocenters. The maximum atomic E-state index is 13.6. The van der Waals surface area contributed by atoms with E-state index >= 15 is 0 Å². The van der Waals surface area contributed by atoms with Crippen molar-refractivity contribution in [2.24, 2.45) is 13.0 Å². The van der Waals surface area contributed by atoms with E-state index in [1.54, 1.807) is 17.0 Å². The molecule has 0 bridgehead atoms. The number of amides is 2. The van der Waals surface area contributed by atoms with Crippen LogP contribution in [0.1, 0.15) is 73.5 Å². The van der Waals surface area contributed by atoms with Crippen molar-refractivity contribution in [1.82, 2.24) is 24.8 Å². The van der Waals surface area contributed by atoms with E-state index in [1.165, 1.54) is 7.05 Å².